The highest BCUT2D eigenvalue weighted by atomic mass is 16.5. The number of ketones is 1. The van der Waals surface area contributed by atoms with Gasteiger partial charge in [0.1, 0.15) is 11.5 Å². The highest BCUT2D eigenvalue weighted by molar-refractivity contribution is 6.24. The highest BCUT2D eigenvalue weighted by Gasteiger charge is 2.40. The van der Waals surface area contributed by atoms with Gasteiger partial charge in [0.2, 0.25) is 0 Å². The first-order chi connectivity index (χ1) is 8.84. The predicted molar refractivity (Wildman–Crippen MR) is 75.1 cm³/mol. The van der Waals surface area contributed by atoms with Crippen LogP contribution in [-0.2, 0) is 4.79 Å². The van der Waals surface area contributed by atoms with Gasteiger partial charge in [-0.2, -0.15) is 0 Å². The van der Waals surface area contributed by atoms with Gasteiger partial charge in [0.25, 0.3) is 0 Å². The van der Waals surface area contributed by atoms with Gasteiger partial charge in [0.05, 0.1) is 12.7 Å². The molecule has 0 fully saturated rings. The van der Waals surface area contributed by atoms with Gasteiger partial charge in [0, 0.05) is 12.3 Å². The van der Waals surface area contributed by atoms with E-state index in [-0.39, 0.29) is 22.9 Å². The lowest BCUT2D eigenvalue weighted by Crippen LogP contribution is -2.25. The number of hydrogen-bond donors (Lipinski definition) is 1. The Hall–Kier alpha value is -1.77. The largest absolute Gasteiger partial charge is 0.512 e. The zero-order chi connectivity index (χ0) is 14.2. The number of hydrogen-bond acceptors (Lipinski definition) is 3. The molecule has 19 heavy (non-hydrogen) atoms. The van der Waals surface area contributed by atoms with Gasteiger partial charge in [-0.1, -0.05) is 32.9 Å². The Labute approximate surface area is 113 Å². The second-order valence-corrected chi connectivity index (χ2v) is 6.04. The third-order valence-electron chi connectivity index (χ3n) is 3.67. The van der Waals surface area contributed by atoms with E-state index in [0.717, 1.165) is 11.3 Å². The lowest BCUT2D eigenvalue weighted by Gasteiger charge is -2.25. The number of Topliss-reactive ketones (excluding diaryl/α,β-unsaturated/α-hetero) is 1. The van der Waals surface area contributed by atoms with Crippen LogP contribution in [0.3, 0.4) is 0 Å². The van der Waals surface area contributed by atoms with Crippen LogP contribution in [0.5, 0.6) is 5.75 Å². The lowest BCUT2D eigenvalue weighted by molar-refractivity contribution is -0.119. The molecule has 0 radical (unpaired) electrons. The average Bonchev–Trinajstić information content (AvgIpc) is 2.65. The van der Waals surface area contributed by atoms with Gasteiger partial charge in [0.15, 0.2) is 5.78 Å². The summed E-state index contributed by atoms with van der Waals surface area (Å²) >= 11 is 0. The number of benzene rings is 1. The van der Waals surface area contributed by atoms with Crippen LogP contribution < -0.4 is 4.74 Å². The molecule has 2 rings (SSSR count). The van der Waals surface area contributed by atoms with E-state index in [4.69, 9.17) is 4.74 Å². The zero-order valence-corrected chi connectivity index (χ0v) is 11.9. The van der Waals surface area contributed by atoms with Crippen LogP contribution in [0.4, 0.5) is 0 Å². The summed E-state index contributed by atoms with van der Waals surface area (Å²) in [4.78, 5) is 12.5. The Balaban J connectivity index is 2.34. The van der Waals surface area contributed by atoms with Crippen molar-refractivity contribution in [2.24, 2.45) is 11.3 Å². The van der Waals surface area contributed by atoms with E-state index in [1.165, 1.54) is 0 Å². The van der Waals surface area contributed by atoms with Gasteiger partial charge in [-0.3, -0.25) is 4.79 Å². The maximum absolute atomic E-state index is 12.5. The van der Waals surface area contributed by atoms with Crippen LogP contribution in [0, 0.1) is 11.3 Å². The van der Waals surface area contributed by atoms with E-state index in [2.05, 4.69) is 0 Å². The van der Waals surface area contributed by atoms with Crippen molar-refractivity contribution in [1.82, 2.24) is 0 Å². The van der Waals surface area contributed by atoms with Gasteiger partial charge in [-0.15, -0.1) is 0 Å². The van der Waals surface area contributed by atoms with Crippen molar-refractivity contribution in [2.45, 2.75) is 27.2 Å². The maximum atomic E-state index is 12.5. The van der Waals surface area contributed by atoms with Crippen LogP contribution in [0.2, 0.25) is 0 Å². The number of carbonyl (C=O) groups is 1. The van der Waals surface area contributed by atoms with Gasteiger partial charge in [-0.25, -0.2) is 0 Å². The summed E-state index contributed by atoms with van der Waals surface area (Å²) in [6, 6.07) is 7.22. The van der Waals surface area contributed by atoms with Crippen LogP contribution in [0.25, 0.3) is 5.57 Å². The number of ether oxygens (including phenoxy) is 1. The second-order valence-electron chi connectivity index (χ2n) is 6.04. The minimum atomic E-state index is -0.149. The molecule has 0 amide bonds. The molecule has 0 aliphatic heterocycles. The molecule has 0 aromatic heterocycles. The Kier molecular flexibility index (Phi) is 3.40. The second kappa shape index (κ2) is 4.72. The molecule has 0 spiro atoms. The highest BCUT2D eigenvalue weighted by Crippen LogP contribution is 2.42. The Morgan fingerprint density at radius 1 is 1.21 bits per heavy atom. The number of aliphatic hydroxyl groups is 1. The van der Waals surface area contributed by atoms with E-state index < -0.39 is 0 Å². The summed E-state index contributed by atoms with van der Waals surface area (Å²) in [7, 11) is 1.60. The summed E-state index contributed by atoms with van der Waals surface area (Å²) < 4.78 is 5.10. The molecule has 3 nitrogen and oxygen atoms in total. The van der Waals surface area contributed by atoms with E-state index >= 15 is 0 Å². The number of carbonyl (C=O) groups excluding carboxylic acids is 1. The van der Waals surface area contributed by atoms with E-state index in [1.54, 1.807) is 19.2 Å². The topological polar surface area (TPSA) is 46.5 Å². The van der Waals surface area contributed by atoms with Crippen LogP contribution in [0.1, 0.15) is 32.8 Å². The van der Waals surface area contributed by atoms with Crippen molar-refractivity contribution >= 4 is 11.4 Å². The fourth-order valence-corrected chi connectivity index (χ4v) is 2.47. The minimum absolute atomic E-state index is 0.0372. The molecule has 0 heterocycles. The fraction of sp³-hybridized carbons (Fsp3) is 0.438. The summed E-state index contributed by atoms with van der Waals surface area (Å²) in [5.74, 6) is 0.830. The maximum Gasteiger partial charge on any atom is 0.170 e. The Morgan fingerprint density at radius 3 is 2.21 bits per heavy atom. The molecule has 3 heteroatoms. The normalized spacial score (nSPS) is 20.0. The first-order valence-corrected chi connectivity index (χ1v) is 6.45. The van der Waals surface area contributed by atoms with Crippen LogP contribution in [-0.4, -0.2) is 18.0 Å². The molecule has 0 saturated heterocycles. The zero-order valence-electron chi connectivity index (χ0n) is 11.9. The first kappa shape index (κ1) is 13.7. The molecule has 0 bridgehead atoms. The van der Waals surface area contributed by atoms with E-state index in [9.17, 15) is 9.90 Å². The molecule has 0 saturated carbocycles. The van der Waals surface area contributed by atoms with Crippen molar-refractivity contribution in [1.29, 1.82) is 0 Å². The third kappa shape index (κ3) is 2.50. The molecule has 1 aromatic rings. The number of allylic oxidation sites excluding steroid dienone is 2. The van der Waals surface area contributed by atoms with Crippen molar-refractivity contribution in [3.63, 3.8) is 0 Å². The number of methoxy groups -OCH3 is 1. The standard InChI is InChI=1S/C16H20O3/c1-16(2,3)12-9-13(17)14(15(12)18)10-5-7-11(19-4)8-6-10/h5-8,12,17H,9H2,1-4H3. The molecule has 1 unspecified atom stereocenters. The predicted octanol–water partition coefficient (Wildman–Crippen LogP) is 3.60. The molecule has 102 valence electrons. The molecule has 1 aliphatic rings. The smallest absolute Gasteiger partial charge is 0.170 e. The SMILES string of the molecule is COc1ccc(C2=C(O)CC(C(C)(C)C)C2=O)cc1. The van der Waals surface area contributed by atoms with Gasteiger partial charge < -0.3 is 9.84 Å². The lowest BCUT2D eigenvalue weighted by atomic mass is 9.77. The van der Waals surface area contributed by atoms with Crippen molar-refractivity contribution in [2.75, 3.05) is 7.11 Å². The molecule has 1 atom stereocenters. The summed E-state index contributed by atoms with van der Waals surface area (Å²) in [6.07, 6.45) is 0.434. The Bertz CT molecular complexity index is 518. The molecule has 1 aliphatic carbocycles. The van der Waals surface area contributed by atoms with E-state index in [1.807, 2.05) is 32.9 Å². The summed E-state index contributed by atoms with van der Waals surface area (Å²) in [6.45, 7) is 6.08. The monoisotopic (exact) mass is 260 g/mol. The van der Waals surface area contributed by atoms with Crippen molar-refractivity contribution < 1.29 is 14.6 Å². The minimum Gasteiger partial charge on any atom is -0.512 e. The van der Waals surface area contributed by atoms with Gasteiger partial charge >= 0.3 is 0 Å². The average molecular weight is 260 g/mol. The summed E-state index contributed by atoms with van der Waals surface area (Å²) in [5.41, 5.74) is 1.08. The van der Waals surface area contributed by atoms with Gasteiger partial charge in [-0.05, 0) is 23.1 Å². The van der Waals surface area contributed by atoms with Crippen LogP contribution in [0.15, 0.2) is 30.0 Å². The van der Waals surface area contributed by atoms with Crippen molar-refractivity contribution in [3.05, 3.63) is 35.6 Å². The molecule has 1 aromatic carbocycles. The van der Waals surface area contributed by atoms with Crippen molar-refractivity contribution in [3.8, 4) is 5.75 Å². The quantitative estimate of drug-likeness (QED) is 0.883. The van der Waals surface area contributed by atoms with Crippen LogP contribution >= 0.6 is 0 Å². The molecular weight excluding hydrogens is 240 g/mol. The molecule has 1 N–H and O–H groups in total. The number of aliphatic hydroxyl groups excluding tert-OH is 1. The summed E-state index contributed by atoms with van der Waals surface area (Å²) in [5, 5.41) is 10.1. The molecular formula is C16H20O3. The van der Waals surface area contributed by atoms with E-state index in [0.29, 0.717) is 12.0 Å². The first-order valence-electron chi connectivity index (χ1n) is 6.45. The third-order valence-corrected chi connectivity index (χ3v) is 3.67. The number of rotatable bonds is 2. The Morgan fingerprint density at radius 2 is 1.79 bits per heavy atom. The fourth-order valence-electron chi connectivity index (χ4n) is 2.47.